The number of benzene rings is 2. The highest BCUT2D eigenvalue weighted by atomic mass is 19.4. The van der Waals surface area contributed by atoms with Crippen LogP contribution in [0.2, 0.25) is 0 Å². The van der Waals surface area contributed by atoms with Crippen molar-refractivity contribution in [3.8, 4) is 16.9 Å². The summed E-state index contributed by atoms with van der Waals surface area (Å²) in [6.07, 6.45) is 2.92. The number of aliphatic carboxylic acids is 1. The van der Waals surface area contributed by atoms with Crippen LogP contribution < -0.4 is 10.1 Å². The van der Waals surface area contributed by atoms with Crippen LogP contribution in [0.5, 0.6) is 5.75 Å². The van der Waals surface area contributed by atoms with Crippen LogP contribution in [-0.2, 0) is 11.3 Å². The van der Waals surface area contributed by atoms with E-state index in [2.05, 4.69) is 39.3 Å². The second-order valence-electron chi connectivity index (χ2n) is 10.1. The number of pyridine rings is 1. The van der Waals surface area contributed by atoms with Crippen molar-refractivity contribution < 1.29 is 32.6 Å². The van der Waals surface area contributed by atoms with E-state index in [1.165, 1.54) is 29.8 Å². The molecule has 4 aromatic rings. The molecule has 1 aliphatic carbocycles. The number of hydrogen-bond donors (Lipinski definition) is 2. The molecule has 0 spiro atoms. The Kier molecular flexibility index (Phi) is 7.77. The van der Waals surface area contributed by atoms with Gasteiger partial charge in [-0.15, -0.1) is 13.2 Å². The molecule has 2 heterocycles. The van der Waals surface area contributed by atoms with E-state index in [4.69, 9.17) is 5.11 Å². The zero-order chi connectivity index (χ0) is 28.3. The third-order valence-corrected chi connectivity index (χ3v) is 7.32. The highest BCUT2D eigenvalue weighted by Crippen LogP contribution is 2.37. The van der Waals surface area contributed by atoms with Gasteiger partial charge in [0.1, 0.15) is 17.1 Å². The summed E-state index contributed by atoms with van der Waals surface area (Å²) in [4.78, 5) is 28.0. The fraction of sp³-hybridized carbons (Fsp3) is 0.300. The third kappa shape index (κ3) is 6.80. The maximum absolute atomic E-state index is 12.7. The number of ether oxygens (including phenoxy) is 1. The summed E-state index contributed by atoms with van der Waals surface area (Å²) in [5, 5.41) is 11.8. The standard InChI is InChI=1S/C30H28F3N3O4/c31-30(32,33)40-25-12-3-20(4-13-25)16-34-29(39)26-18-36-17-24(11-14-27(36)35-26)23-9-7-22(8-10-23)21-5-1-19(2-6-21)15-28(37)38/h3-4,7-14,17-19,21H,1-2,5-6,15-16H2,(H,34,39)(H,37,38)/t19-,21-. The average molecular weight is 552 g/mol. The summed E-state index contributed by atoms with van der Waals surface area (Å²) in [5.41, 5.74) is 4.71. The van der Waals surface area contributed by atoms with Crippen LogP contribution in [0.3, 0.4) is 0 Å². The molecule has 10 heteroatoms. The van der Waals surface area contributed by atoms with Gasteiger partial charge in [-0.3, -0.25) is 9.59 Å². The summed E-state index contributed by atoms with van der Waals surface area (Å²) in [6, 6.07) is 17.5. The number of alkyl halides is 3. The van der Waals surface area contributed by atoms with Gasteiger partial charge in [-0.05, 0) is 84.0 Å². The number of nitrogens with one attached hydrogen (secondary N) is 1. The summed E-state index contributed by atoms with van der Waals surface area (Å²) in [5.74, 6) is -0.725. The highest BCUT2D eigenvalue weighted by Gasteiger charge is 2.31. The van der Waals surface area contributed by atoms with E-state index < -0.39 is 18.2 Å². The molecule has 2 aromatic heterocycles. The normalized spacial score (nSPS) is 17.5. The Morgan fingerprint density at radius 1 is 0.925 bits per heavy atom. The van der Waals surface area contributed by atoms with Gasteiger partial charge in [-0.2, -0.15) is 0 Å². The largest absolute Gasteiger partial charge is 0.573 e. The number of imidazole rings is 1. The molecule has 5 rings (SSSR count). The van der Waals surface area contributed by atoms with Gasteiger partial charge in [0.2, 0.25) is 0 Å². The highest BCUT2D eigenvalue weighted by molar-refractivity contribution is 5.92. The number of carboxylic acid groups (broad SMARTS) is 1. The number of carboxylic acids is 1. The van der Waals surface area contributed by atoms with Crippen LogP contribution in [0.25, 0.3) is 16.8 Å². The predicted molar refractivity (Wildman–Crippen MR) is 142 cm³/mol. The number of halogens is 3. The molecule has 40 heavy (non-hydrogen) atoms. The second-order valence-corrected chi connectivity index (χ2v) is 10.1. The van der Waals surface area contributed by atoms with Crippen LogP contribution in [0.4, 0.5) is 13.2 Å². The van der Waals surface area contributed by atoms with Gasteiger partial charge in [-0.25, -0.2) is 4.98 Å². The second kappa shape index (κ2) is 11.4. The molecule has 1 amide bonds. The lowest BCUT2D eigenvalue weighted by atomic mass is 9.77. The van der Waals surface area contributed by atoms with Crippen LogP contribution >= 0.6 is 0 Å². The maximum Gasteiger partial charge on any atom is 0.573 e. The third-order valence-electron chi connectivity index (χ3n) is 7.32. The van der Waals surface area contributed by atoms with Crippen LogP contribution in [0.1, 0.15) is 59.6 Å². The number of fused-ring (bicyclic) bond motifs is 1. The van der Waals surface area contributed by atoms with Gasteiger partial charge in [-0.1, -0.05) is 36.4 Å². The maximum atomic E-state index is 12.7. The van der Waals surface area contributed by atoms with Gasteiger partial charge >= 0.3 is 12.3 Å². The van der Waals surface area contributed by atoms with Crippen molar-refractivity contribution >= 4 is 17.5 Å². The van der Waals surface area contributed by atoms with E-state index in [1.807, 2.05) is 18.3 Å². The molecular formula is C30H28F3N3O4. The SMILES string of the molecule is O=C(O)C[C@H]1CC[C@H](c2ccc(-c3ccc4nc(C(=O)NCc5ccc(OC(F)(F)F)cc5)cn4c3)cc2)CC1. The first-order valence-electron chi connectivity index (χ1n) is 13.1. The Morgan fingerprint density at radius 3 is 2.25 bits per heavy atom. The van der Waals surface area contributed by atoms with Gasteiger partial charge in [0.25, 0.3) is 5.91 Å². The quantitative estimate of drug-likeness (QED) is 0.258. The molecular weight excluding hydrogens is 523 g/mol. The van der Waals surface area contributed by atoms with Crippen LogP contribution in [0, 0.1) is 5.92 Å². The summed E-state index contributed by atoms with van der Waals surface area (Å²) < 4.78 is 42.6. The predicted octanol–water partition coefficient (Wildman–Crippen LogP) is 6.58. The van der Waals surface area contributed by atoms with E-state index in [1.54, 1.807) is 10.6 Å². The number of carbonyl (C=O) groups is 2. The van der Waals surface area contributed by atoms with Crippen LogP contribution in [-0.4, -0.2) is 32.7 Å². The molecule has 0 radical (unpaired) electrons. The molecule has 7 nitrogen and oxygen atoms in total. The van der Waals surface area contributed by atoms with Crippen molar-refractivity contribution in [1.29, 1.82) is 0 Å². The molecule has 2 N–H and O–H groups in total. The van der Waals surface area contributed by atoms with E-state index in [-0.39, 0.29) is 30.3 Å². The Morgan fingerprint density at radius 2 is 1.60 bits per heavy atom. The van der Waals surface area contributed by atoms with Gasteiger partial charge in [0.05, 0.1) is 0 Å². The van der Waals surface area contributed by atoms with Crippen molar-refractivity contribution in [1.82, 2.24) is 14.7 Å². The van der Waals surface area contributed by atoms with E-state index in [9.17, 15) is 22.8 Å². The fourth-order valence-electron chi connectivity index (χ4n) is 5.25. The minimum absolute atomic E-state index is 0.123. The lowest BCUT2D eigenvalue weighted by Gasteiger charge is -2.28. The van der Waals surface area contributed by atoms with E-state index in [0.717, 1.165) is 36.8 Å². The van der Waals surface area contributed by atoms with Crippen molar-refractivity contribution in [2.45, 2.75) is 50.9 Å². The molecule has 2 aromatic carbocycles. The Labute approximate surface area is 228 Å². The molecule has 0 bridgehead atoms. The number of nitrogens with zero attached hydrogens (tertiary/aromatic N) is 2. The minimum Gasteiger partial charge on any atom is -0.481 e. The first-order valence-corrected chi connectivity index (χ1v) is 13.1. The number of carbonyl (C=O) groups excluding carboxylic acids is 1. The first kappa shape index (κ1) is 27.2. The topological polar surface area (TPSA) is 92.9 Å². The van der Waals surface area contributed by atoms with Gasteiger partial charge in [0, 0.05) is 25.4 Å². The summed E-state index contributed by atoms with van der Waals surface area (Å²) >= 11 is 0. The molecule has 0 unspecified atom stereocenters. The zero-order valence-electron chi connectivity index (χ0n) is 21.5. The molecule has 0 aliphatic heterocycles. The number of hydrogen-bond acceptors (Lipinski definition) is 4. The average Bonchev–Trinajstić information content (AvgIpc) is 3.36. The number of rotatable bonds is 8. The Hall–Kier alpha value is -4.34. The summed E-state index contributed by atoms with van der Waals surface area (Å²) in [6.45, 7) is 0.123. The zero-order valence-corrected chi connectivity index (χ0v) is 21.5. The van der Waals surface area contributed by atoms with Gasteiger partial charge in [0.15, 0.2) is 0 Å². The monoisotopic (exact) mass is 551 g/mol. The Balaban J connectivity index is 1.20. The van der Waals surface area contributed by atoms with Crippen LogP contribution in [0.15, 0.2) is 73.1 Å². The number of aromatic nitrogens is 2. The fourth-order valence-corrected chi connectivity index (χ4v) is 5.25. The van der Waals surface area contributed by atoms with Gasteiger partial charge < -0.3 is 19.6 Å². The smallest absolute Gasteiger partial charge is 0.481 e. The van der Waals surface area contributed by atoms with E-state index in [0.29, 0.717) is 17.1 Å². The summed E-state index contributed by atoms with van der Waals surface area (Å²) in [7, 11) is 0. The Bertz CT molecular complexity index is 1490. The van der Waals surface area contributed by atoms with Crippen molar-refractivity contribution in [2.75, 3.05) is 0 Å². The minimum atomic E-state index is -4.76. The molecule has 1 saturated carbocycles. The van der Waals surface area contributed by atoms with Crippen molar-refractivity contribution in [2.24, 2.45) is 5.92 Å². The van der Waals surface area contributed by atoms with Crippen molar-refractivity contribution in [3.05, 3.63) is 89.9 Å². The molecule has 1 aliphatic rings. The molecule has 0 saturated heterocycles. The molecule has 1 fully saturated rings. The van der Waals surface area contributed by atoms with E-state index >= 15 is 0 Å². The lowest BCUT2D eigenvalue weighted by molar-refractivity contribution is -0.274. The molecule has 0 atom stereocenters. The molecule has 208 valence electrons. The number of amides is 1. The lowest BCUT2D eigenvalue weighted by Crippen LogP contribution is -2.23. The first-order chi connectivity index (χ1) is 19.1. The van der Waals surface area contributed by atoms with Crippen molar-refractivity contribution in [3.63, 3.8) is 0 Å².